The van der Waals surface area contributed by atoms with Gasteiger partial charge in [-0.1, -0.05) is 18.2 Å². The fourth-order valence-corrected chi connectivity index (χ4v) is 4.21. The number of nitro benzene ring substituents is 1. The van der Waals surface area contributed by atoms with Crippen LogP contribution in [0.4, 0.5) is 11.4 Å². The number of para-hydroxylation sites is 1. The number of hydrogen-bond donors (Lipinski definition) is 1. The van der Waals surface area contributed by atoms with Crippen LogP contribution in [0.1, 0.15) is 19.4 Å². The van der Waals surface area contributed by atoms with Gasteiger partial charge in [-0.05, 0) is 44.0 Å². The molecule has 0 radical (unpaired) electrons. The third-order valence-electron chi connectivity index (χ3n) is 4.73. The highest BCUT2D eigenvalue weighted by molar-refractivity contribution is 8.00. The molecule has 7 heteroatoms. The van der Waals surface area contributed by atoms with Crippen LogP contribution in [0.25, 0.3) is 0 Å². The number of non-ortho nitro benzene ring substituents is 1. The molecule has 2 atom stereocenters. The highest BCUT2D eigenvalue weighted by Crippen LogP contribution is 2.31. The monoisotopic (exact) mass is 385 g/mol. The van der Waals surface area contributed by atoms with Gasteiger partial charge in [0.25, 0.3) is 5.69 Å². The minimum absolute atomic E-state index is 0.0292. The van der Waals surface area contributed by atoms with Crippen LogP contribution in [-0.4, -0.2) is 35.2 Å². The number of benzene rings is 2. The van der Waals surface area contributed by atoms with Crippen molar-refractivity contribution in [2.24, 2.45) is 0 Å². The van der Waals surface area contributed by atoms with E-state index in [1.54, 1.807) is 12.1 Å². The number of amides is 1. The second kappa shape index (κ2) is 8.43. The molecule has 0 saturated heterocycles. The van der Waals surface area contributed by atoms with Gasteiger partial charge in [0.1, 0.15) is 0 Å². The number of fused-ring (bicyclic) bond motifs is 1. The SMILES string of the molecule is CC(Sc1ccc([N+](=O)[O-])cc1)C(=O)NCCN1c2ccccc2CC1C. The topological polar surface area (TPSA) is 75.5 Å². The first-order valence-electron chi connectivity index (χ1n) is 8.99. The Kier molecular flexibility index (Phi) is 6.01. The number of carbonyl (C=O) groups is 1. The first-order valence-corrected chi connectivity index (χ1v) is 9.87. The lowest BCUT2D eigenvalue weighted by Crippen LogP contribution is -2.40. The number of rotatable bonds is 7. The standard InChI is InChI=1S/C20H23N3O3S/c1-14-13-16-5-3-4-6-19(16)22(14)12-11-21-20(24)15(2)27-18-9-7-17(8-10-18)23(25)26/h3-10,14-15H,11-13H2,1-2H3,(H,21,24). The summed E-state index contributed by atoms with van der Waals surface area (Å²) in [6.45, 7) is 5.41. The highest BCUT2D eigenvalue weighted by Gasteiger charge is 2.25. The van der Waals surface area contributed by atoms with E-state index in [1.807, 2.05) is 13.0 Å². The Morgan fingerprint density at radius 2 is 2.00 bits per heavy atom. The minimum atomic E-state index is -0.428. The van der Waals surface area contributed by atoms with Crippen LogP contribution in [0, 0.1) is 10.1 Å². The van der Waals surface area contributed by atoms with E-state index in [1.165, 1.54) is 35.1 Å². The smallest absolute Gasteiger partial charge is 0.269 e. The predicted octanol–water partition coefficient (Wildman–Crippen LogP) is 3.64. The Morgan fingerprint density at radius 1 is 1.30 bits per heavy atom. The molecule has 0 fully saturated rings. The molecule has 0 bridgehead atoms. The number of thioether (sulfide) groups is 1. The molecule has 2 aromatic rings. The molecular weight excluding hydrogens is 362 g/mol. The lowest BCUT2D eigenvalue weighted by molar-refractivity contribution is -0.384. The third kappa shape index (κ3) is 4.60. The Morgan fingerprint density at radius 3 is 2.70 bits per heavy atom. The molecule has 0 aromatic heterocycles. The van der Waals surface area contributed by atoms with Gasteiger partial charge in [-0.25, -0.2) is 0 Å². The maximum atomic E-state index is 12.4. The number of nitrogens with one attached hydrogen (secondary N) is 1. The Hall–Kier alpha value is -2.54. The molecule has 0 aliphatic carbocycles. The van der Waals surface area contributed by atoms with Crippen LogP contribution in [0.5, 0.6) is 0 Å². The lowest BCUT2D eigenvalue weighted by atomic mass is 10.1. The summed E-state index contributed by atoms with van der Waals surface area (Å²) in [7, 11) is 0. The molecule has 1 aliphatic rings. The van der Waals surface area contributed by atoms with Crippen LogP contribution >= 0.6 is 11.8 Å². The molecule has 0 spiro atoms. The van der Waals surface area contributed by atoms with Gasteiger partial charge in [0.2, 0.25) is 5.91 Å². The average molecular weight is 385 g/mol. The summed E-state index contributed by atoms with van der Waals surface area (Å²) in [5, 5.41) is 13.4. The summed E-state index contributed by atoms with van der Waals surface area (Å²) in [5.41, 5.74) is 2.67. The Labute approximate surface area is 163 Å². The van der Waals surface area contributed by atoms with E-state index in [0.717, 1.165) is 17.9 Å². The van der Waals surface area contributed by atoms with E-state index in [2.05, 4.69) is 35.3 Å². The van der Waals surface area contributed by atoms with E-state index >= 15 is 0 Å². The summed E-state index contributed by atoms with van der Waals surface area (Å²) >= 11 is 1.40. The van der Waals surface area contributed by atoms with Crippen molar-refractivity contribution in [3.63, 3.8) is 0 Å². The summed E-state index contributed by atoms with van der Waals surface area (Å²) < 4.78 is 0. The van der Waals surface area contributed by atoms with Crippen molar-refractivity contribution in [1.82, 2.24) is 5.32 Å². The zero-order valence-corrected chi connectivity index (χ0v) is 16.2. The molecule has 2 aromatic carbocycles. The van der Waals surface area contributed by atoms with Gasteiger partial charge in [0.15, 0.2) is 0 Å². The molecule has 6 nitrogen and oxygen atoms in total. The van der Waals surface area contributed by atoms with E-state index in [-0.39, 0.29) is 16.8 Å². The number of hydrogen-bond acceptors (Lipinski definition) is 5. The molecule has 3 rings (SSSR count). The van der Waals surface area contributed by atoms with E-state index in [0.29, 0.717) is 12.6 Å². The maximum Gasteiger partial charge on any atom is 0.269 e. The van der Waals surface area contributed by atoms with Crippen molar-refractivity contribution in [2.45, 2.75) is 36.5 Å². The molecule has 1 amide bonds. The van der Waals surface area contributed by atoms with Crippen molar-refractivity contribution < 1.29 is 9.72 Å². The van der Waals surface area contributed by atoms with E-state index in [9.17, 15) is 14.9 Å². The first kappa shape index (κ1) is 19.2. The first-order chi connectivity index (χ1) is 13.0. The molecule has 1 heterocycles. The van der Waals surface area contributed by atoms with E-state index < -0.39 is 4.92 Å². The number of nitrogens with zero attached hydrogens (tertiary/aromatic N) is 2. The van der Waals surface area contributed by atoms with Gasteiger partial charge in [-0.15, -0.1) is 11.8 Å². The molecule has 0 saturated carbocycles. The zero-order chi connectivity index (χ0) is 19.4. The zero-order valence-electron chi connectivity index (χ0n) is 15.4. The van der Waals surface area contributed by atoms with Crippen LogP contribution < -0.4 is 10.2 Å². The summed E-state index contributed by atoms with van der Waals surface area (Å²) in [5.74, 6) is -0.0292. The Balaban J connectivity index is 1.48. The van der Waals surface area contributed by atoms with Crippen LogP contribution in [0.15, 0.2) is 53.4 Å². The van der Waals surface area contributed by atoms with Crippen molar-refractivity contribution >= 4 is 29.0 Å². The molecule has 1 N–H and O–H groups in total. The van der Waals surface area contributed by atoms with Gasteiger partial charge in [-0.3, -0.25) is 14.9 Å². The van der Waals surface area contributed by atoms with Gasteiger partial charge in [0.05, 0.1) is 10.2 Å². The lowest BCUT2D eigenvalue weighted by Gasteiger charge is -2.25. The second-order valence-corrected chi connectivity index (χ2v) is 8.09. The molecule has 27 heavy (non-hydrogen) atoms. The van der Waals surface area contributed by atoms with Crippen LogP contribution in [-0.2, 0) is 11.2 Å². The van der Waals surface area contributed by atoms with Crippen molar-refractivity contribution in [1.29, 1.82) is 0 Å². The van der Waals surface area contributed by atoms with Gasteiger partial charge >= 0.3 is 0 Å². The van der Waals surface area contributed by atoms with Crippen molar-refractivity contribution in [3.8, 4) is 0 Å². The van der Waals surface area contributed by atoms with E-state index in [4.69, 9.17) is 0 Å². The quantitative estimate of drug-likeness (QED) is 0.447. The fraction of sp³-hybridized carbons (Fsp3) is 0.350. The predicted molar refractivity (Wildman–Crippen MR) is 108 cm³/mol. The number of nitro groups is 1. The average Bonchev–Trinajstić information content (AvgIpc) is 2.97. The number of anilines is 1. The van der Waals surface area contributed by atoms with Crippen LogP contribution in [0.3, 0.4) is 0 Å². The van der Waals surface area contributed by atoms with Crippen LogP contribution in [0.2, 0.25) is 0 Å². The largest absolute Gasteiger partial charge is 0.367 e. The van der Waals surface area contributed by atoms with Gasteiger partial charge in [0, 0.05) is 41.8 Å². The fourth-order valence-electron chi connectivity index (χ4n) is 3.32. The maximum absolute atomic E-state index is 12.4. The third-order valence-corrected chi connectivity index (χ3v) is 5.84. The van der Waals surface area contributed by atoms with Gasteiger partial charge in [-0.2, -0.15) is 0 Å². The molecule has 2 unspecified atom stereocenters. The minimum Gasteiger partial charge on any atom is -0.367 e. The van der Waals surface area contributed by atoms with Crippen molar-refractivity contribution in [2.75, 3.05) is 18.0 Å². The normalized spacial score (nSPS) is 16.7. The molecule has 1 aliphatic heterocycles. The number of carbonyl (C=O) groups excluding carboxylic acids is 1. The summed E-state index contributed by atoms with van der Waals surface area (Å²) in [4.78, 5) is 25.8. The molecular formula is C20H23N3O3S. The second-order valence-electron chi connectivity index (χ2n) is 6.68. The molecule has 142 valence electrons. The van der Waals surface area contributed by atoms with Crippen molar-refractivity contribution in [3.05, 3.63) is 64.2 Å². The van der Waals surface area contributed by atoms with Gasteiger partial charge < -0.3 is 10.2 Å². The highest BCUT2D eigenvalue weighted by atomic mass is 32.2. The Bertz CT molecular complexity index is 825. The summed E-state index contributed by atoms with van der Waals surface area (Å²) in [6, 6.07) is 15.1. The summed E-state index contributed by atoms with van der Waals surface area (Å²) in [6.07, 6.45) is 1.04.